The highest BCUT2D eigenvalue weighted by atomic mass is 16.5. The van der Waals surface area contributed by atoms with Crippen molar-refractivity contribution in [3.8, 4) is 6.07 Å². The number of ether oxygens (including phenoxy) is 2. The van der Waals surface area contributed by atoms with Gasteiger partial charge in [-0.05, 0) is 48.3 Å². The molecule has 3 fully saturated rings. The highest BCUT2D eigenvalue weighted by Gasteiger charge is 2.66. The van der Waals surface area contributed by atoms with E-state index in [-0.39, 0.29) is 28.8 Å². The summed E-state index contributed by atoms with van der Waals surface area (Å²) >= 11 is 0. The van der Waals surface area contributed by atoms with Gasteiger partial charge in [-0.2, -0.15) is 5.26 Å². The summed E-state index contributed by atoms with van der Waals surface area (Å²) in [7, 11) is 0. The first-order valence-corrected chi connectivity index (χ1v) is 11.6. The maximum Gasteiger partial charge on any atom is 0.338 e. The Hall–Kier alpha value is -2.32. The first kappa shape index (κ1) is 20.6. The van der Waals surface area contributed by atoms with E-state index in [0.29, 0.717) is 17.4 Å². The highest BCUT2D eigenvalue weighted by Crippen LogP contribution is 2.69. The third-order valence-electron chi connectivity index (χ3n) is 8.50. The molecular weight excluding hydrogens is 388 g/mol. The summed E-state index contributed by atoms with van der Waals surface area (Å²) in [6, 6.07) is 11.9. The molecule has 0 radical (unpaired) electrons. The van der Waals surface area contributed by atoms with Crippen LogP contribution in [0.15, 0.2) is 41.6 Å². The van der Waals surface area contributed by atoms with E-state index in [9.17, 15) is 10.1 Å². The van der Waals surface area contributed by atoms with E-state index in [1.54, 1.807) is 0 Å². The molecule has 5 rings (SSSR count). The molecule has 0 bridgehead atoms. The lowest BCUT2D eigenvalue weighted by molar-refractivity contribution is -0.0128. The van der Waals surface area contributed by atoms with Crippen molar-refractivity contribution in [3.05, 3.63) is 47.2 Å². The van der Waals surface area contributed by atoms with Crippen LogP contribution in [-0.4, -0.2) is 43.3 Å². The molecule has 5 atom stereocenters. The Morgan fingerprint density at radius 3 is 2.52 bits per heavy atom. The van der Waals surface area contributed by atoms with Crippen LogP contribution in [0.1, 0.15) is 50.4 Å². The number of esters is 1. The number of carbonyl (C=O) groups is 1. The lowest BCUT2D eigenvalue weighted by atomic mass is 9.78. The van der Waals surface area contributed by atoms with E-state index >= 15 is 0 Å². The van der Waals surface area contributed by atoms with Gasteiger partial charge in [0.1, 0.15) is 6.10 Å². The second-order valence-corrected chi connectivity index (χ2v) is 10.4. The normalized spacial score (nSPS) is 36.1. The number of rotatable bonds is 4. The van der Waals surface area contributed by atoms with Crippen molar-refractivity contribution in [1.82, 2.24) is 4.90 Å². The van der Waals surface area contributed by atoms with E-state index in [4.69, 9.17) is 9.47 Å². The minimum atomic E-state index is -0.232. The van der Waals surface area contributed by atoms with Gasteiger partial charge in [0.15, 0.2) is 0 Å². The number of carbonyl (C=O) groups excluding carboxylic acids is 1. The van der Waals surface area contributed by atoms with Crippen molar-refractivity contribution in [2.75, 3.05) is 26.3 Å². The Labute approximate surface area is 185 Å². The van der Waals surface area contributed by atoms with Crippen LogP contribution in [0.3, 0.4) is 0 Å². The van der Waals surface area contributed by atoms with Crippen LogP contribution in [0.2, 0.25) is 0 Å². The summed E-state index contributed by atoms with van der Waals surface area (Å²) in [6.07, 6.45) is 2.85. The maximum absolute atomic E-state index is 12.9. The van der Waals surface area contributed by atoms with Gasteiger partial charge >= 0.3 is 5.97 Å². The van der Waals surface area contributed by atoms with Crippen LogP contribution in [-0.2, 0) is 9.47 Å². The second kappa shape index (κ2) is 7.38. The molecule has 5 heteroatoms. The molecule has 5 nitrogen and oxygen atoms in total. The topological polar surface area (TPSA) is 62.6 Å². The molecule has 4 aliphatic rings. The Balaban J connectivity index is 1.51. The summed E-state index contributed by atoms with van der Waals surface area (Å²) in [4.78, 5) is 15.4. The van der Waals surface area contributed by atoms with Gasteiger partial charge in [-0.3, -0.25) is 0 Å². The Bertz CT molecular complexity index is 941. The van der Waals surface area contributed by atoms with Gasteiger partial charge in [0.2, 0.25) is 0 Å². The summed E-state index contributed by atoms with van der Waals surface area (Å²) in [5.41, 5.74) is 3.24. The van der Waals surface area contributed by atoms with Gasteiger partial charge < -0.3 is 14.4 Å². The Morgan fingerprint density at radius 2 is 1.87 bits per heavy atom. The predicted octanol–water partition coefficient (Wildman–Crippen LogP) is 4.41. The van der Waals surface area contributed by atoms with E-state index in [0.717, 1.165) is 45.6 Å². The molecule has 0 amide bonds. The Kier molecular flexibility index (Phi) is 4.90. The summed E-state index contributed by atoms with van der Waals surface area (Å²) in [5.74, 6) is 0.614. The van der Waals surface area contributed by atoms with Gasteiger partial charge in [-0.1, -0.05) is 39.0 Å². The van der Waals surface area contributed by atoms with Crippen molar-refractivity contribution in [2.45, 2.75) is 46.1 Å². The zero-order chi connectivity index (χ0) is 21.8. The van der Waals surface area contributed by atoms with E-state index in [1.807, 2.05) is 30.3 Å². The van der Waals surface area contributed by atoms with Gasteiger partial charge in [-0.25, -0.2) is 4.79 Å². The molecule has 31 heavy (non-hydrogen) atoms. The van der Waals surface area contributed by atoms with Crippen LogP contribution in [0.4, 0.5) is 0 Å². The summed E-state index contributed by atoms with van der Waals surface area (Å²) in [6.45, 7) is 9.93. The molecule has 1 heterocycles. The maximum atomic E-state index is 12.9. The average molecular weight is 421 g/mol. The predicted molar refractivity (Wildman–Crippen MR) is 117 cm³/mol. The summed E-state index contributed by atoms with van der Waals surface area (Å²) in [5, 5.41) is 9.76. The van der Waals surface area contributed by atoms with Crippen molar-refractivity contribution in [3.63, 3.8) is 0 Å². The Morgan fingerprint density at radius 1 is 1.16 bits per heavy atom. The second-order valence-electron chi connectivity index (χ2n) is 10.4. The fourth-order valence-electron chi connectivity index (χ4n) is 6.67. The molecule has 164 valence electrons. The van der Waals surface area contributed by atoms with E-state index in [1.165, 1.54) is 11.3 Å². The minimum absolute atomic E-state index is 0.0207. The third-order valence-corrected chi connectivity index (χ3v) is 8.50. The minimum Gasteiger partial charge on any atom is -0.458 e. The number of morpholine rings is 1. The molecule has 1 aliphatic heterocycles. The third kappa shape index (κ3) is 3.10. The largest absolute Gasteiger partial charge is 0.458 e. The average Bonchev–Trinajstić information content (AvgIpc) is 3.02. The van der Waals surface area contributed by atoms with Crippen LogP contribution in [0.5, 0.6) is 0 Å². The summed E-state index contributed by atoms with van der Waals surface area (Å²) < 4.78 is 11.8. The van der Waals surface area contributed by atoms with Crippen LogP contribution >= 0.6 is 0 Å². The molecular formula is C26H32N2O3. The molecule has 1 saturated heterocycles. The van der Waals surface area contributed by atoms with Crippen molar-refractivity contribution in [2.24, 2.45) is 28.6 Å². The smallest absolute Gasteiger partial charge is 0.338 e. The highest BCUT2D eigenvalue weighted by molar-refractivity contribution is 5.89. The standard InChI is InChI=1S/C26H32N2O3/c1-25(2)20(16-27)22(25)19-15-18-9-10-21(31-24(29)17-7-5-4-6-8-17)26(18,3)23(19)28-11-13-30-14-12-28/h4-8,18,20-22H,9-15H2,1-3H3/t18-,20?,21?,22?,26+/m1/s1. The molecule has 1 aromatic carbocycles. The molecule has 3 unspecified atom stereocenters. The van der Waals surface area contributed by atoms with Gasteiger partial charge in [0.05, 0.1) is 30.8 Å². The number of benzene rings is 1. The number of hydrogen-bond acceptors (Lipinski definition) is 5. The lowest BCUT2D eigenvalue weighted by Gasteiger charge is -2.42. The zero-order valence-electron chi connectivity index (χ0n) is 18.8. The molecule has 0 aromatic heterocycles. The van der Waals surface area contributed by atoms with Crippen LogP contribution in [0, 0.1) is 39.9 Å². The molecule has 1 aromatic rings. The number of nitriles is 1. The molecule has 2 saturated carbocycles. The molecule has 3 aliphatic carbocycles. The van der Waals surface area contributed by atoms with Crippen LogP contribution in [0.25, 0.3) is 0 Å². The van der Waals surface area contributed by atoms with Gasteiger partial charge in [0, 0.05) is 30.1 Å². The van der Waals surface area contributed by atoms with Crippen molar-refractivity contribution >= 4 is 5.97 Å². The van der Waals surface area contributed by atoms with Gasteiger partial charge in [0.25, 0.3) is 0 Å². The first-order chi connectivity index (χ1) is 14.9. The quantitative estimate of drug-likeness (QED) is 0.675. The monoisotopic (exact) mass is 420 g/mol. The van der Waals surface area contributed by atoms with Crippen LogP contribution < -0.4 is 0 Å². The van der Waals surface area contributed by atoms with E-state index < -0.39 is 0 Å². The molecule has 0 N–H and O–H groups in total. The number of allylic oxidation sites excluding steroid dienone is 1. The molecule has 0 spiro atoms. The first-order valence-electron chi connectivity index (χ1n) is 11.6. The SMILES string of the molecule is CC1(C)C(C#N)C1C1=C(N2CCOCC2)[C@]2(C)C(OC(=O)c3ccccc3)CC[C@@H]2C1. The van der Waals surface area contributed by atoms with E-state index in [2.05, 4.69) is 31.7 Å². The lowest BCUT2D eigenvalue weighted by Crippen LogP contribution is -2.45. The zero-order valence-corrected chi connectivity index (χ0v) is 18.8. The van der Waals surface area contributed by atoms with Crippen molar-refractivity contribution in [1.29, 1.82) is 5.26 Å². The fourth-order valence-corrected chi connectivity index (χ4v) is 6.67. The number of hydrogen-bond donors (Lipinski definition) is 0. The fraction of sp³-hybridized carbons (Fsp3) is 0.615. The van der Waals surface area contributed by atoms with Gasteiger partial charge in [-0.15, -0.1) is 0 Å². The number of nitrogens with zero attached hydrogens (tertiary/aromatic N) is 2. The van der Waals surface area contributed by atoms with Crippen molar-refractivity contribution < 1.29 is 14.3 Å². The number of fused-ring (bicyclic) bond motifs is 1.